The molecule has 0 radical (unpaired) electrons. The van der Waals surface area contributed by atoms with Gasteiger partial charge in [0.2, 0.25) is 0 Å². The molecule has 0 spiro atoms. The molecule has 94 valence electrons. The molecule has 0 heterocycles. The van der Waals surface area contributed by atoms with Gasteiger partial charge in [0, 0.05) is 0 Å². The zero-order valence-corrected chi connectivity index (χ0v) is 11.9. The topological polar surface area (TPSA) is 47.1 Å². The molecule has 3 heteroatoms. The molecule has 0 atom stereocenters. The van der Waals surface area contributed by atoms with Crippen molar-refractivity contribution in [3.05, 3.63) is 0 Å². The van der Waals surface area contributed by atoms with E-state index in [1.165, 1.54) is 0 Å². The Bertz CT molecular complexity index is 165. The summed E-state index contributed by atoms with van der Waals surface area (Å²) < 4.78 is 12.6. The van der Waals surface area contributed by atoms with Crippen molar-refractivity contribution in [3.8, 4) is 0 Å². The van der Waals surface area contributed by atoms with Crippen molar-refractivity contribution in [2.75, 3.05) is 17.3 Å². The third-order valence-electron chi connectivity index (χ3n) is 1.91. The molecule has 15 heavy (non-hydrogen) atoms. The van der Waals surface area contributed by atoms with E-state index in [0.29, 0.717) is 17.8 Å². The summed E-state index contributed by atoms with van der Waals surface area (Å²) in [7, 11) is -1.59. The molecule has 0 aromatic rings. The van der Waals surface area contributed by atoms with Crippen LogP contribution in [0.25, 0.3) is 0 Å². The van der Waals surface area contributed by atoms with Crippen LogP contribution < -0.4 is 0 Å². The van der Waals surface area contributed by atoms with Gasteiger partial charge in [0.15, 0.2) is 0 Å². The number of rotatable bonds is 6. The van der Waals surface area contributed by atoms with Gasteiger partial charge in [0.25, 0.3) is 0 Å². The lowest BCUT2D eigenvalue weighted by Gasteiger charge is -2.18. The molecule has 0 aliphatic heterocycles. The Morgan fingerprint density at radius 3 is 1.07 bits per heavy atom. The van der Waals surface area contributed by atoms with Gasteiger partial charge in [-0.25, -0.2) is 0 Å². The molecule has 0 rings (SSSR count). The van der Waals surface area contributed by atoms with E-state index in [-0.39, 0.29) is 5.48 Å². The molecule has 0 bridgehead atoms. The van der Waals surface area contributed by atoms with Crippen molar-refractivity contribution in [2.45, 2.75) is 41.5 Å². The standard InChI is InChI=1S/C12H27OS.H2O/c1-10(2)7-14(13,8-11(3)4)9-12(5)6;/h10-12H,7-9H2,1-6H3;1H2/q+1;/p-1. The first-order chi connectivity index (χ1) is 6.25. The molecular formula is C12H28O2S. The molecule has 0 aliphatic rings. The highest BCUT2D eigenvalue weighted by Gasteiger charge is 2.31. The Hall–Kier alpha value is 0.110. The minimum Gasteiger partial charge on any atom is -0.870 e. The average Bonchev–Trinajstić information content (AvgIpc) is 1.76. The smallest absolute Gasteiger partial charge is 0.114 e. The van der Waals surface area contributed by atoms with E-state index in [0.717, 1.165) is 17.3 Å². The first kappa shape index (κ1) is 17.5. The maximum atomic E-state index is 12.6. The second kappa shape index (κ2) is 7.39. The summed E-state index contributed by atoms with van der Waals surface area (Å²) in [6.07, 6.45) is 0. The van der Waals surface area contributed by atoms with Gasteiger partial charge < -0.3 is 5.48 Å². The summed E-state index contributed by atoms with van der Waals surface area (Å²) in [6, 6.07) is 0. The zero-order chi connectivity index (χ0) is 11.4. The van der Waals surface area contributed by atoms with Crippen LogP contribution in [0.5, 0.6) is 0 Å². The lowest BCUT2D eigenvalue weighted by atomic mass is 10.3. The molecule has 0 saturated carbocycles. The van der Waals surface area contributed by atoms with Gasteiger partial charge in [-0.3, -0.25) is 0 Å². The Balaban J connectivity index is 0. The number of hydrogen-bond donors (Lipinski definition) is 0. The van der Waals surface area contributed by atoms with Gasteiger partial charge in [-0.15, -0.1) is 4.21 Å². The molecule has 0 fully saturated rings. The monoisotopic (exact) mass is 236 g/mol. The van der Waals surface area contributed by atoms with Gasteiger partial charge >= 0.3 is 0 Å². The van der Waals surface area contributed by atoms with E-state index < -0.39 is 9.93 Å². The Labute approximate surface area is 96.6 Å². The van der Waals surface area contributed by atoms with Crippen LogP contribution >= 0.6 is 0 Å². The highest BCUT2D eigenvalue weighted by molar-refractivity contribution is 8.02. The molecule has 0 aromatic heterocycles. The SMILES string of the molecule is CC(C)C[S+](=O)(CC(C)C)CC(C)C.[OH-]. The van der Waals surface area contributed by atoms with Gasteiger partial charge in [0.1, 0.15) is 17.3 Å². The molecule has 0 saturated heterocycles. The Morgan fingerprint density at radius 2 is 0.933 bits per heavy atom. The minimum absolute atomic E-state index is 0. The summed E-state index contributed by atoms with van der Waals surface area (Å²) in [5, 5.41) is 0. The molecule has 0 amide bonds. The van der Waals surface area contributed by atoms with E-state index >= 15 is 0 Å². The average molecular weight is 236 g/mol. The van der Waals surface area contributed by atoms with Crippen LogP contribution in [-0.2, 0) is 14.1 Å². The van der Waals surface area contributed by atoms with Crippen LogP contribution in [0.3, 0.4) is 0 Å². The van der Waals surface area contributed by atoms with Crippen molar-refractivity contribution >= 4 is 9.93 Å². The largest absolute Gasteiger partial charge is 0.870 e. The Morgan fingerprint density at radius 1 is 0.733 bits per heavy atom. The molecule has 1 N–H and O–H groups in total. The maximum Gasteiger partial charge on any atom is 0.114 e. The Kier molecular flexibility index (Phi) is 8.63. The number of hydrogen-bond acceptors (Lipinski definition) is 2. The fourth-order valence-electron chi connectivity index (χ4n) is 2.03. The van der Waals surface area contributed by atoms with E-state index in [1.54, 1.807) is 0 Å². The van der Waals surface area contributed by atoms with Crippen LogP contribution in [-0.4, -0.2) is 22.7 Å². The molecule has 0 aromatic carbocycles. The summed E-state index contributed by atoms with van der Waals surface area (Å²) in [6.45, 7) is 13.0. The van der Waals surface area contributed by atoms with Gasteiger partial charge in [-0.2, -0.15) is 0 Å². The van der Waals surface area contributed by atoms with Crippen molar-refractivity contribution in [3.63, 3.8) is 0 Å². The van der Waals surface area contributed by atoms with E-state index in [4.69, 9.17) is 0 Å². The van der Waals surface area contributed by atoms with Gasteiger partial charge in [-0.1, -0.05) is 41.5 Å². The second-order valence-electron chi connectivity index (χ2n) is 5.65. The predicted molar refractivity (Wildman–Crippen MR) is 69.1 cm³/mol. The molecule has 0 unspecified atom stereocenters. The molecular weight excluding hydrogens is 208 g/mol. The maximum absolute atomic E-state index is 12.6. The first-order valence-electron chi connectivity index (χ1n) is 5.72. The van der Waals surface area contributed by atoms with Crippen LogP contribution in [0.2, 0.25) is 0 Å². The van der Waals surface area contributed by atoms with Crippen molar-refractivity contribution in [1.82, 2.24) is 0 Å². The van der Waals surface area contributed by atoms with Crippen LogP contribution in [0, 0.1) is 17.8 Å². The summed E-state index contributed by atoms with van der Waals surface area (Å²) in [4.78, 5) is 0. The van der Waals surface area contributed by atoms with E-state index in [2.05, 4.69) is 41.5 Å². The van der Waals surface area contributed by atoms with Crippen molar-refractivity contribution in [1.29, 1.82) is 0 Å². The fourth-order valence-corrected chi connectivity index (χ4v) is 6.08. The highest BCUT2D eigenvalue weighted by Crippen LogP contribution is 2.18. The van der Waals surface area contributed by atoms with Crippen LogP contribution in [0.4, 0.5) is 0 Å². The lowest BCUT2D eigenvalue weighted by Crippen LogP contribution is -2.31. The zero-order valence-electron chi connectivity index (χ0n) is 11.1. The van der Waals surface area contributed by atoms with Gasteiger partial charge in [-0.05, 0) is 17.8 Å². The van der Waals surface area contributed by atoms with Gasteiger partial charge in [0.05, 0.1) is 9.93 Å². The molecule has 2 nitrogen and oxygen atoms in total. The summed E-state index contributed by atoms with van der Waals surface area (Å²) in [5.74, 6) is 4.38. The third kappa shape index (κ3) is 9.06. The quantitative estimate of drug-likeness (QED) is 0.664. The van der Waals surface area contributed by atoms with Crippen LogP contribution in [0.15, 0.2) is 0 Å². The second-order valence-corrected chi connectivity index (χ2v) is 8.58. The molecule has 0 aliphatic carbocycles. The minimum atomic E-state index is -1.59. The summed E-state index contributed by atoms with van der Waals surface area (Å²) in [5.41, 5.74) is 0. The van der Waals surface area contributed by atoms with E-state index in [1.807, 2.05) is 0 Å². The first-order valence-corrected chi connectivity index (χ1v) is 7.79. The van der Waals surface area contributed by atoms with Crippen LogP contribution in [0.1, 0.15) is 41.5 Å². The third-order valence-corrected chi connectivity index (χ3v) is 5.73. The lowest BCUT2D eigenvalue weighted by molar-refractivity contribution is 0.558. The highest BCUT2D eigenvalue weighted by atomic mass is 32.2. The van der Waals surface area contributed by atoms with Crippen molar-refractivity contribution in [2.24, 2.45) is 17.8 Å². The predicted octanol–water partition coefficient (Wildman–Crippen LogP) is 3.28. The van der Waals surface area contributed by atoms with E-state index in [9.17, 15) is 4.21 Å². The normalized spacial score (nSPS) is 12.3. The summed E-state index contributed by atoms with van der Waals surface area (Å²) >= 11 is 0. The fraction of sp³-hybridized carbons (Fsp3) is 1.00. The van der Waals surface area contributed by atoms with Crippen molar-refractivity contribution < 1.29 is 9.69 Å².